The van der Waals surface area contributed by atoms with E-state index in [9.17, 15) is 4.79 Å². The first-order valence-electron chi connectivity index (χ1n) is 9.05. The fraction of sp³-hybridized carbons (Fsp3) is 0.409. The van der Waals surface area contributed by atoms with Crippen molar-refractivity contribution in [1.29, 1.82) is 0 Å². The number of benzene rings is 2. The van der Waals surface area contributed by atoms with Crippen molar-refractivity contribution in [2.24, 2.45) is 0 Å². The van der Waals surface area contributed by atoms with Crippen molar-refractivity contribution < 1.29 is 4.79 Å². The molecular formula is C22H30N2O. The second kappa shape index (κ2) is 8.82. The van der Waals surface area contributed by atoms with Crippen LogP contribution in [-0.2, 0) is 13.1 Å². The van der Waals surface area contributed by atoms with E-state index >= 15 is 0 Å². The average molecular weight is 338 g/mol. The lowest BCUT2D eigenvalue weighted by atomic mass is 10.1. The van der Waals surface area contributed by atoms with Crippen molar-refractivity contribution in [3.63, 3.8) is 0 Å². The first-order valence-corrected chi connectivity index (χ1v) is 9.05. The number of nitrogens with zero attached hydrogens (tertiary/aromatic N) is 2. The van der Waals surface area contributed by atoms with Crippen LogP contribution in [0.15, 0.2) is 48.5 Å². The van der Waals surface area contributed by atoms with Crippen LogP contribution in [0.1, 0.15) is 47.8 Å². The monoisotopic (exact) mass is 338 g/mol. The van der Waals surface area contributed by atoms with Crippen molar-refractivity contribution in [2.45, 2.75) is 46.8 Å². The summed E-state index contributed by atoms with van der Waals surface area (Å²) in [7, 11) is 1.86. The first kappa shape index (κ1) is 19.2. The molecule has 0 heterocycles. The normalized spacial score (nSPS) is 11.2. The fourth-order valence-corrected chi connectivity index (χ4v) is 2.98. The number of hydrogen-bond donors (Lipinski definition) is 0. The summed E-state index contributed by atoms with van der Waals surface area (Å²) < 4.78 is 0. The maximum absolute atomic E-state index is 12.7. The van der Waals surface area contributed by atoms with Gasteiger partial charge >= 0.3 is 0 Å². The molecule has 0 atom stereocenters. The van der Waals surface area contributed by atoms with Crippen molar-refractivity contribution in [1.82, 2.24) is 9.80 Å². The van der Waals surface area contributed by atoms with Crippen LogP contribution in [0.2, 0.25) is 0 Å². The number of hydrogen-bond acceptors (Lipinski definition) is 2. The molecule has 0 saturated heterocycles. The molecule has 134 valence electrons. The van der Waals surface area contributed by atoms with Crippen LogP contribution in [0.4, 0.5) is 0 Å². The Hall–Kier alpha value is -2.13. The molecule has 0 radical (unpaired) electrons. The molecule has 0 aliphatic heterocycles. The molecule has 0 aliphatic carbocycles. The second-order valence-electron chi connectivity index (χ2n) is 6.94. The van der Waals surface area contributed by atoms with Crippen LogP contribution < -0.4 is 0 Å². The van der Waals surface area contributed by atoms with Crippen molar-refractivity contribution in [2.75, 3.05) is 13.6 Å². The third-order valence-electron chi connectivity index (χ3n) is 4.74. The lowest BCUT2D eigenvalue weighted by molar-refractivity contribution is 0.0785. The number of rotatable bonds is 7. The molecule has 2 rings (SSSR count). The van der Waals surface area contributed by atoms with Crippen LogP contribution in [0.5, 0.6) is 0 Å². The maximum atomic E-state index is 12.7. The lowest BCUT2D eigenvalue weighted by Gasteiger charge is -2.25. The van der Waals surface area contributed by atoms with Gasteiger partial charge in [-0.25, -0.2) is 0 Å². The van der Waals surface area contributed by atoms with E-state index < -0.39 is 0 Å². The number of carbonyl (C=O) groups excluding carboxylic acids is 1. The molecule has 0 bridgehead atoms. The van der Waals surface area contributed by atoms with Gasteiger partial charge in [0.1, 0.15) is 0 Å². The van der Waals surface area contributed by atoms with Crippen LogP contribution >= 0.6 is 0 Å². The summed E-state index contributed by atoms with van der Waals surface area (Å²) in [6, 6.07) is 16.7. The third kappa shape index (κ3) is 5.17. The Morgan fingerprint density at radius 2 is 1.64 bits per heavy atom. The molecule has 2 aromatic rings. The van der Waals surface area contributed by atoms with Gasteiger partial charge < -0.3 is 4.90 Å². The summed E-state index contributed by atoms with van der Waals surface area (Å²) >= 11 is 0. The Balaban J connectivity index is 2.03. The molecule has 0 aliphatic rings. The van der Waals surface area contributed by atoms with Gasteiger partial charge in [-0.1, -0.05) is 43.3 Å². The predicted molar refractivity (Wildman–Crippen MR) is 105 cm³/mol. The molecule has 0 fully saturated rings. The predicted octanol–water partition coefficient (Wildman–Crippen LogP) is 4.50. The molecule has 25 heavy (non-hydrogen) atoms. The van der Waals surface area contributed by atoms with Crippen LogP contribution in [0, 0.1) is 6.92 Å². The van der Waals surface area contributed by atoms with Crippen LogP contribution in [0.3, 0.4) is 0 Å². The molecule has 0 spiro atoms. The zero-order valence-electron chi connectivity index (χ0n) is 16.1. The largest absolute Gasteiger partial charge is 0.337 e. The molecule has 0 saturated carbocycles. The van der Waals surface area contributed by atoms with Gasteiger partial charge in [0.15, 0.2) is 0 Å². The minimum Gasteiger partial charge on any atom is -0.337 e. The Kier molecular flexibility index (Phi) is 6.77. The quantitative estimate of drug-likeness (QED) is 0.742. The number of amides is 1. The van der Waals surface area contributed by atoms with Gasteiger partial charge in [0.05, 0.1) is 0 Å². The summed E-state index contributed by atoms with van der Waals surface area (Å²) in [4.78, 5) is 16.9. The lowest BCUT2D eigenvalue weighted by Crippen LogP contribution is -2.30. The van der Waals surface area contributed by atoms with E-state index in [0.717, 1.165) is 18.7 Å². The standard InChI is InChI=1S/C22H30N2O/c1-6-24(17(2)3)15-19-11-13-20(14-12-19)22(25)23(5)16-21-10-8-7-9-18(21)4/h7-14,17H,6,15-16H2,1-5H3. The summed E-state index contributed by atoms with van der Waals surface area (Å²) in [6.45, 7) is 11.3. The zero-order chi connectivity index (χ0) is 18.4. The van der Waals surface area contributed by atoms with E-state index in [2.05, 4.69) is 56.9 Å². The topological polar surface area (TPSA) is 23.6 Å². The van der Waals surface area contributed by atoms with E-state index in [-0.39, 0.29) is 5.91 Å². The Bertz CT molecular complexity index is 691. The Labute approximate surface area is 152 Å². The van der Waals surface area contributed by atoms with E-state index in [1.165, 1.54) is 16.7 Å². The van der Waals surface area contributed by atoms with Gasteiger partial charge in [-0.2, -0.15) is 0 Å². The molecule has 3 heteroatoms. The summed E-state index contributed by atoms with van der Waals surface area (Å²) in [5.41, 5.74) is 4.39. The summed E-state index contributed by atoms with van der Waals surface area (Å²) in [5, 5.41) is 0. The molecule has 2 aromatic carbocycles. The van der Waals surface area contributed by atoms with Gasteiger partial charge in [0.25, 0.3) is 5.91 Å². The first-order chi connectivity index (χ1) is 11.9. The third-order valence-corrected chi connectivity index (χ3v) is 4.74. The SMILES string of the molecule is CCN(Cc1ccc(C(=O)N(C)Cc2ccccc2C)cc1)C(C)C. The summed E-state index contributed by atoms with van der Waals surface area (Å²) in [6.07, 6.45) is 0. The highest BCUT2D eigenvalue weighted by molar-refractivity contribution is 5.94. The highest BCUT2D eigenvalue weighted by atomic mass is 16.2. The van der Waals surface area contributed by atoms with E-state index in [1.807, 2.05) is 31.3 Å². The smallest absolute Gasteiger partial charge is 0.253 e. The average Bonchev–Trinajstić information content (AvgIpc) is 2.61. The van der Waals surface area contributed by atoms with E-state index in [4.69, 9.17) is 0 Å². The molecule has 0 aromatic heterocycles. The second-order valence-corrected chi connectivity index (χ2v) is 6.94. The van der Waals surface area contributed by atoms with E-state index in [0.29, 0.717) is 12.6 Å². The number of aryl methyl sites for hydroxylation is 1. The molecule has 0 unspecified atom stereocenters. The van der Waals surface area contributed by atoms with E-state index in [1.54, 1.807) is 4.90 Å². The van der Waals surface area contributed by atoms with Gasteiger partial charge in [-0.15, -0.1) is 0 Å². The molecular weight excluding hydrogens is 308 g/mol. The minimum atomic E-state index is 0.0611. The highest BCUT2D eigenvalue weighted by Gasteiger charge is 2.13. The maximum Gasteiger partial charge on any atom is 0.253 e. The fourth-order valence-electron chi connectivity index (χ4n) is 2.98. The van der Waals surface area contributed by atoms with Crippen LogP contribution in [-0.4, -0.2) is 35.3 Å². The van der Waals surface area contributed by atoms with Crippen LogP contribution in [0.25, 0.3) is 0 Å². The highest BCUT2D eigenvalue weighted by Crippen LogP contribution is 2.14. The van der Waals surface area contributed by atoms with Gasteiger partial charge in [-0.05, 0) is 56.1 Å². The van der Waals surface area contributed by atoms with Crippen molar-refractivity contribution in [3.05, 3.63) is 70.8 Å². The Morgan fingerprint density at radius 3 is 2.20 bits per heavy atom. The number of carbonyl (C=O) groups is 1. The van der Waals surface area contributed by atoms with Gasteiger partial charge in [-0.3, -0.25) is 9.69 Å². The minimum absolute atomic E-state index is 0.0611. The zero-order valence-corrected chi connectivity index (χ0v) is 16.1. The molecule has 1 amide bonds. The van der Waals surface area contributed by atoms with Crippen molar-refractivity contribution in [3.8, 4) is 0 Å². The molecule has 0 N–H and O–H groups in total. The van der Waals surface area contributed by atoms with Gasteiger partial charge in [0.2, 0.25) is 0 Å². The molecule has 3 nitrogen and oxygen atoms in total. The van der Waals surface area contributed by atoms with Gasteiger partial charge in [0, 0.05) is 31.7 Å². The summed E-state index contributed by atoms with van der Waals surface area (Å²) in [5.74, 6) is 0.0611. The Morgan fingerprint density at radius 1 is 1.00 bits per heavy atom. The van der Waals surface area contributed by atoms with Crippen molar-refractivity contribution >= 4 is 5.91 Å².